The van der Waals surface area contributed by atoms with Gasteiger partial charge in [-0.15, -0.1) is 0 Å². The van der Waals surface area contributed by atoms with Gasteiger partial charge in [0.05, 0.1) is 19.3 Å². The Morgan fingerprint density at radius 2 is 1.38 bits per heavy atom. The highest BCUT2D eigenvalue weighted by molar-refractivity contribution is 6.15. The van der Waals surface area contributed by atoms with E-state index in [-0.39, 0.29) is 19.0 Å². The van der Waals surface area contributed by atoms with Crippen LogP contribution in [0.15, 0.2) is 72.3 Å². The predicted molar refractivity (Wildman–Crippen MR) is 107 cm³/mol. The molecule has 0 bridgehead atoms. The molecule has 1 aliphatic heterocycles. The summed E-state index contributed by atoms with van der Waals surface area (Å²) in [6, 6.07) is 17.2. The van der Waals surface area contributed by atoms with Gasteiger partial charge in [0.15, 0.2) is 5.78 Å². The minimum Gasteiger partial charge on any atom is -0.464 e. The van der Waals surface area contributed by atoms with Gasteiger partial charge in [-0.1, -0.05) is 60.7 Å². The minimum atomic E-state index is -1.88. The van der Waals surface area contributed by atoms with Crippen molar-refractivity contribution in [2.45, 2.75) is 25.4 Å². The first-order chi connectivity index (χ1) is 14.0. The fraction of sp³-hybridized carbons (Fsp3) is 0.261. The number of hydrogen-bond acceptors (Lipinski definition) is 6. The van der Waals surface area contributed by atoms with Gasteiger partial charge in [0, 0.05) is 11.1 Å². The molecule has 0 fully saturated rings. The molecule has 0 saturated carbocycles. The van der Waals surface area contributed by atoms with Crippen LogP contribution in [0.1, 0.15) is 35.8 Å². The van der Waals surface area contributed by atoms with E-state index in [9.17, 15) is 14.4 Å². The maximum absolute atomic E-state index is 13.3. The Morgan fingerprint density at radius 1 is 0.862 bits per heavy atom. The van der Waals surface area contributed by atoms with Crippen LogP contribution in [0.4, 0.5) is 0 Å². The highest BCUT2D eigenvalue weighted by Crippen LogP contribution is 2.36. The molecule has 1 N–H and O–H groups in total. The maximum atomic E-state index is 13.3. The van der Waals surface area contributed by atoms with E-state index in [2.05, 4.69) is 5.32 Å². The summed E-state index contributed by atoms with van der Waals surface area (Å²) in [6.45, 7) is 3.49. The van der Waals surface area contributed by atoms with E-state index >= 15 is 0 Å². The Hall–Kier alpha value is -3.25. The molecule has 1 atom stereocenters. The highest BCUT2D eigenvalue weighted by Gasteiger charge is 2.54. The van der Waals surface area contributed by atoms with Crippen molar-refractivity contribution >= 4 is 17.7 Å². The normalized spacial score (nSPS) is 17.3. The molecule has 29 heavy (non-hydrogen) atoms. The summed E-state index contributed by atoms with van der Waals surface area (Å²) >= 11 is 0. The fourth-order valence-electron chi connectivity index (χ4n) is 3.33. The Morgan fingerprint density at radius 3 is 1.90 bits per heavy atom. The quantitative estimate of drug-likeness (QED) is 0.442. The van der Waals surface area contributed by atoms with Crippen molar-refractivity contribution in [2.24, 2.45) is 0 Å². The summed E-state index contributed by atoms with van der Waals surface area (Å²) in [4.78, 5) is 38.9. The summed E-state index contributed by atoms with van der Waals surface area (Å²) in [5.74, 6) is -1.87. The summed E-state index contributed by atoms with van der Waals surface area (Å²) in [7, 11) is 0. The lowest BCUT2D eigenvalue weighted by Crippen LogP contribution is -2.56. The van der Waals surface area contributed by atoms with Crippen molar-refractivity contribution in [1.29, 1.82) is 0 Å². The Kier molecular flexibility index (Phi) is 6.24. The van der Waals surface area contributed by atoms with Crippen LogP contribution in [-0.2, 0) is 19.1 Å². The van der Waals surface area contributed by atoms with Crippen molar-refractivity contribution in [3.8, 4) is 0 Å². The van der Waals surface area contributed by atoms with Gasteiger partial charge in [-0.2, -0.15) is 0 Å². The van der Waals surface area contributed by atoms with Crippen LogP contribution < -0.4 is 5.32 Å². The molecule has 0 aliphatic carbocycles. The molecule has 0 amide bonds. The lowest BCUT2D eigenvalue weighted by molar-refractivity contribution is -0.162. The number of rotatable bonds is 7. The first-order valence-corrected chi connectivity index (χ1v) is 9.53. The average Bonchev–Trinajstić information content (AvgIpc) is 3.17. The zero-order valence-corrected chi connectivity index (χ0v) is 16.4. The Balaban J connectivity index is 2.13. The van der Waals surface area contributed by atoms with Gasteiger partial charge in [-0.05, 0) is 25.5 Å². The van der Waals surface area contributed by atoms with E-state index in [1.54, 1.807) is 38.1 Å². The monoisotopic (exact) mass is 393 g/mol. The van der Waals surface area contributed by atoms with Gasteiger partial charge in [0.25, 0.3) is 0 Å². The van der Waals surface area contributed by atoms with Crippen molar-refractivity contribution in [3.05, 3.63) is 83.4 Å². The average molecular weight is 393 g/mol. The largest absolute Gasteiger partial charge is 0.464 e. The zero-order chi connectivity index (χ0) is 20.9. The topological polar surface area (TPSA) is 81.7 Å². The smallest absolute Gasteiger partial charge is 0.342 e. The lowest BCUT2D eigenvalue weighted by atomic mass is 9.93. The van der Waals surface area contributed by atoms with Gasteiger partial charge in [0.2, 0.25) is 5.54 Å². The third-order valence-electron chi connectivity index (χ3n) is 4.68. The van der Waals surface area contributed by atoms with Crippen molar-refractivity contribution in [1.82, 2.24) is 5.32 Å². The first-order valence-electron chi connectivity index (χ1n) is 9.53. The number of benzene rings is 2. The summed E-state index contributed by atoms with van der Waals surface area (Å²) in [6.07, 6.45) is 1.36. The number of ketones is 1. The van der Waals surface area contributed by atoms with Crippen LogP contribution >= 0.6 is 0 Å². The third kappa shape index (κ3) is 3.98. The van der Waals surface area contributed by atoms with Gasteiger partial charge < -0.3 is 9.47 Å². The first kappa shape index (κ1) is 20.5. The number of ether oxygens (including phenoxy) is 2. The van der Waals surface area contributed by atoms with Crippen LogP contribution in [0.2, 0.25) is 0 Å². The second-order valence-electron chi connectivity index (χ2n) is 6.53. The molecular weight excluding hydrogens is 370 g/mol. The molecule has 2 aromatic rings. The van der Waals surface area contributed by atoms with Gasteiger partial charge in [-0.25, -0.2) is 9.59 Å². The third-order valence-corrected chi connectivity index (χ3v) is 4.68. The highest BCUT2D eigenvalue weighted by atomic mass is 16.6. The SMILES string of the molecule is CCOC(=O)C1(C(=O)OCC)C=C(C(=O)c2ccccc2)[C@@H](c2ccccc2)N1. The molecule has 0 spiro atoms. The number of hydrogen-bond donors (Lipinski definition) is 1. The number of Topliss-reactive ketones (excluding diaryl/α,β-unsaturated/α-hetero) is 1. The van der Waals surface area contributed by atoms with Crippen molar-refractivity contribution < 1.29 is 23.9 Å². The van der Waals surface area contributed by atoms with E-state index in [1.807, 2.05) is 36.4 Å². The van der Waals surface area contributed by atoms with Crippen molar-refractivity contribution in [2.75, 3.05) is 13.2 Å². The molecule has 150 valence electrons. The molecule has 2 aromatic carbocycles. The summed E-state index contributed by atoms with van der Waals surface area (Å²) in [5, 5.41) is 3.03. The maximum Gasteiger partial charge on any atom is 0.342 e. The molecule has 1 aliphatic rings. The number of carbonyl (C=O) groups is 3. The molecule has 3 rings (SSSR count). The van der Waals surface area contributed by atoms with E-state index in [4.69, 9.17) is 9.47 Å². The molecule has 0 unspecified atom stereocenters. The molecule has 0 saturated heterocycles. The van der Waals surface area contributed by atoms with Crippen LogP contribution in [0.5, 0.6) is 0 Å². The van der Waals surface area contributed by atoms with E-state index in [0.717, 1.165) is 5.56 Å². The van der Waals surface area contributed by atoms with E-state index in [1.165, 1.54) is 6.08 Å². The summed E-state index contributed by atoms with van der Waals surface area (Å²) < 4.78 is 10.3. The Bertz CT molecular complexity index is 903. The van der Waals surface area contributed by atoms with Crippen LogP contribution in [0.25, 0.3) is 0 Å². The molecule has 1 heterocycles. The number of nitrogens with one attached hydrogen (secondary N) is 1. The van der Waals surface area contributed by atoms with Crippen LogP contribution in [-0.4, -0.2) is 36.5 Å². The van der Waals surface area contributed by atoms with E-state index in [0.29, 0.717) is 11.1 Å². The van der Waals surface area contributed by atoms with Crippen LogP contribution in [0, 0.1) is 0 Å². The fourth-order valence-corrected chi connectivity index (χ4v) is 3.33. The molecule has 6 heteroatoms. The second kappa shape index (κ2) is 8.84. The zero-order valence-electron chi connectivity index (χ0n) is 16.4. The standard InChI is InChI=1S/C23H23NO5/c1-3-28-21(26)23(22(27)29-4-2)15-18(20(25)17-13-9-6-10-14-17)19(24-23)16-11-7-5-8-12-16/h5-15,19,24H,3-4H2,1-2H3/t19-/m1/s1. The molecule has 6 nitrogen and oxygen atoms in total. The lowest BCUT2D eigenvalue weighted by Gasteiger charge is -2.26. The second-order valence-corrected chi connectivity index (χ2v) is 6.53. The number of carbonyl (C=O) groups excluding carboxylic acids is 3. The predicted octanol–water partition coefficient (Wildman–Crippen LogP) is 3.01. The number of esters is 2. The Labute approximate surface area is 169 Å². The molecule has 0 radical (unpaired) electrons. The minimum absolute atomic E-state index is 0.0908. The van der Waals surface area contributed by atoms with Crippen molar-refractivity contribution in [3.63, 3.8) is 0 Å². The molecular formula is C23H23NO5. The van der Waals surface area contributed by atoms with Gasteiger partial charge >= 0.3 is 11.9 Å². The molecule has 0 aromatic heterocycles. The summed E-state index contributed by atoms with van der Waals surface area (Å²) in [5.41, 5.74) is -0.376. The van der Waals surface area contributed by atoms with E-state index < -0.39 is 23.5 Å². The van der Waals surface area contributed by atoms with Gasteiger partial charge in [0.1, 0.15) is 0 Å². The van der Waals surface area contributed by atoms with Crippen LogP contribution in [0.3, 0.4) is 0 Å². The van der Waals surface area contributed by atoms with Gasteiger partial charge in [-0.3, -0.25) is 10.1 Å².